The number of aliphatic hydroxyl groups excluding tert-OH is 1. The van der Waals surface area contributed by atoms with Gasteiger partial charge in [0.2, 0.25) is 0 Å². The Labute approximate surface area is 127 Å². The minimum Gasteiger partial charge on any atom is -0.456 e. The van der Waals surface area contributed by atoms with Gasteiger partial charge in [0.05, 0.1) is 11.6 Å². The lowest BCUT2D eigenvalue weighted by atomic mass is 10.3. The second-order valence-electron chi connectivity index (χ2n) is 4.16. The number of hydrogen-bond acceptors (Lipinski definition) is 3. The van der Waals surface area contributed by atoms with E-state index in [-0.39, 0.29) is 19.2 Å². The molecule has 2 aromatic carbocycles. The summed E-state index contributed by atoms with van der Waals surface area (Å²) in [5.41, 5.74) is 0.622. The SMILES string of the molecule is O=C(NCCO)Nc1ccc(Oc2ccccc2Cl)cc1. The van der Waals surface area contributed by atoms with Crippen LogP contribution in [0.4, 0.5) is 10.5 Å². The van der Waals surface area contributed by atoms with Crippen LogP contribution in [0.3, 0.4) is 0 Å². The molecule has 5 nitrogen and oxygen atoms in total. The van der Waals surface area contributed by atoms with Gasteiger partial charge in [-0.05, 0) is 36.4 Å². The standard InChI is InChI=1S/C15H15ClN2O3/c16-13-3-1-2-4-14(13)21-12-7-5-11(6-8-12)18-15(20)17-9-10-19/h1-8,19H,9-10H2,(H2,17,18,20). The minimum absolute atomic E-state index is 0.0992. The van der Waals surface area contributed by atoms with Crippen molar-refractivity contribution in [2.45, 2.75) is 0 Å². The Balaban J connectivity index is 1.96. The third kappa shape index (κ3) is 4.66. The molecule has 0 aliphatic rings. The van der Waals surface area contributed by atoms with E-state index < -0.39 is 0 Å². The van der Waals surface area contributed by atoms with Crippen LogP contribution >= 0.6 is 11.6 Å². The number of hydrogen-bond donors (Lipinski definition) is 3. The van der Waals surface area contributed by atoms with Gasteiger partial charge >= 0.3 is 6.03 Å². The lowest BCUT2D eigenvalue weighted by Gasteiger charge is -2.09. The molecule has 0 aromatic heterocycles. The molecule has 0 saturated carbocycles. The number of urea groups is 1. The summed E-state index contributed by atoms with van der Waals surface area (Å²) in [5.74, 6) is 1.19. The maximum absolute atomic E-state index is 11.4. The number of halogens is 1. The van der Waals surface area contributed by atoms with Crippen LogP contribution < -0.4 is 15.4 Å². The van der Waals surface area contributed by atoms with Crippen LogP contribution in [-0.4, -0.2) is 24.3 Å². The minimum atomic E-state index is -0.371. The molecule has 0 heterocycles. The number of amides is 2. The molecule has 0 radical (unpaired) electrons. The molecule has 2 rings (SSSR count). The van der Waals surface area contributed by atoms with Gasteiger partial charge in [-0.25, -0.2) is 4.79 Å². The van der Waals surface area contributed by atoms with Gasteiger partial charge in [0.25, 0.3) is 0 Å². The van der Waals surface area contributed by atoms with Crippen LogP contribution in [0.5, 0.6) is 11.5 Å². The highest BCUT2D eigenvalue weighted by molar-refractivity contribution is 6.32. The molecule has 0 fully saturated rings. The monoisotopic (exact) mass is 306 g/mol. The lowest BCUT2D eigenvalue weighted by Crippen LogP contribution is -2.30. The Morgan fingerprint density at radius 1 is 1.14 bits per heavy atom. The molecule has 0 unspecified atom stereocenters. The summed E-state index contributed by atoms with van der Waals surface area (Å²) in [5, 5.41) is 14.3. The van der Waals surface area contributed by atoms with Crippen molar-refractivity contribution in [2.24, 2.45) is 0 Å². The van der Waals surface area contributed by atoms with Crippen molar-refractivity contribution in [1.82, 2.24) is 5.32 Å². The summed E-state index contributed by atoms with van der Waals surface area (Å²) < 4.78 is 5.64. The van der Waals surface area contributed by atoms with Crippen molar-refractivity contribution < 1.29 is 14.6 Å². The fourth-order valence-electron chi connectivity index (χ4n) is 1.61. The molecule has 0 bridgehead atoms. The molecule has 3 N–H and O–H groups in total. The number of carbonyl (C=O) groups is 1. The summed E-state index contributed by atoms with van der Waals surface area (Å²) in [6.07, 6.45) is 0. The first kappa shape index (κ1) is 15.2. The van der Waals surface area contributed by atoms with Crippen LogP contribution in [0.2, 0.25) is 5.02 Å². The van der Waals surface area contributed by atoms with Gasteiger partial charge in [-0.1, -0.05) is 23.7 Å². The van der Waals surface area contributed by atoms with E-state index in [4.69, 9.17) is 21.4 Å². The summed E-state index contributed by atoms with van der Waals surface area (Å²) in [7, 11) is 0. The zero-order valence-electron chi connectivity index (χ0n) is 11.2. The first-order chi connectivity index (χ1) is 10.2. The third-order valence-corrected chi connectivity index (χ3v) is 2.89. The Morgan fingerprint density at radius 2 is 1.86 bits per heavy atom. The predicted molar refractivity (Wildman–Crippen MR) is 82.1 cm³/mol. The average Bonchev–Trinajstić information content (AvgIpc) is 2.49. The van der Waals surface area contributed by atoms with Gasteiger partial charge in [0.1, 0.15) is 11.5 Å². The van der Waals surface area contributed by atoms with Crippen molar-refractivity contribution in [3.63, 3.8) is 0 Å². The fraction of sp³-hybridized carbons (Fsp3) is 0.133. The van der Waals surface area contributed by atoms with Crippen molar-refractivity contribution in [1.29, 1.82) is 0 Å². The number of anilines is 1. The predicted octanol–water partition coefficient (Wildman–Crippen LogP) is 3.25. The summed E-state index contributed by atoms with van der Waals surface area (Å²) >= 11 is 6.01. The zero-order valence-corrected chi connectivity index (χ0v) is 11.9. The molecule has 6 heteroatoms. The van der Waals surface area contributed by atoms with E-state index in [1.807, 2.05) is 12.1 Å². The Kier molecular flexibility index (Phi) is 5.43. The van der Waals surface area contributed by atoms with Crippen LogP contribution in [0.25, 0.3) is 0 Å². The summed E-state index contributed by atoms with van der Waals surface area (Å²) in [6, 6.07) is 13.7. The first-order valence-electron chi connectivity index (χ1n) is 6.37. The Bertz CT molecular complexity index is 602. The van der Waals surface area contributed by atoms with Crippen LogP contribution in [0.1, 0.15) is 0 Å². The van der Waals surface area contributed by atoms with E-state index in [1.54, 1.807) is 36.4 Å². The number of ether oxygens (including phenoxy) is 1. The Hall–Kier alpha value is -2.24. The quantitative estimate of drug-likeness (QED) is 0.794. The molecule has 110 valence electrons. The topological polar surface area (TPSA) is 70.6 Å². The molecule has 0 aliphatic carbocycles. The van der Waals surface area contributed by atoms with Crippen molar-refractivity contribution >= 4 is 23.3 Å². The maximum Gasteiger partial charge on any atom is 0.319 e. The molecule has 0 saturated heterocycles. The second-order valence-corrected chi connectivity index (χ2v) is 4.57. The zero-order chi connectivity index (χ0) is 15.1. The third-order valence-electron chi connectivity index (χ3n) is 2.57. The van der Waals surface area contributed by atoms with Gasteiger partial charge in [-0.3, -0.25) is 0 Å². The highest BCUT2D eigenvalue weighted by Gasteiger charge is 2.03. The number of aliphatic hydroxyl groups is 1. The van der Waals surface area contributed by atoms with E-state index in [2.05, 4.69) is 10.6 Å². The number of para-hydroxylation sites is 1. The number of carbonyl (C=O) groups excluding carboxylic acids is 1. The van der Waals surface area contributed by atoms with E-state index in [1.165, 1.54) is 0 Å². The Morgan fingerprint density at radius 3 is 2.52 bits per heavy atom. The number of nitrogens with one attached hydrogen (secondary N) is 2. The summed E-state index contributed by atoms with van der Waals surface area (Å²) in [4.78, 5) is 11.4. The van der Waals surface area contributed by atoms with Gasteiger partial charge in [-0.2, -0.15) is 0 Å². The average molecular weight is 307 g/mol. The maximum atomic E-state index is 11.4. The number of benzene rings is 2. The molecule has 2 amide bonds. The number of rotatable bonds is 5. The molecule has 2 aromatic rings. The summed E-state index contributed by atoms with van der Waals surface area (Å²) in [6.45, 7) is 0.109. The van der Waals surface area contributed by atoms with Crippen molar-refractivity contribution in [3.05, 3.63) is 53.6 Å². The highest BCUT2D eigenvalue weighted by Crippen LogP contribution is 2.29. The molecule has 0 atom stereocenters. The lowest BCUT2D eigenvalue weighted by molar-refractivity contribution is 0.245. The second kappa shape index (κ2) is 7.52. The van der Waals surface area contributed by atoms with Crippen LogP contribution in [0, 0.1) is 0 Å². The molecule has 21 heavy (non-hydrogen) atoms. The van der Waals surface area contributed by atoms with E-state index in [9.17, 15) is 4.79 Å². The smallest absolute Gasteiger partial charge is 0.319 e. The van der Waals surface area contributed by atoms with Gasteiger partial charge in [0, 0.05) is 12.2 Å². The van der Waals surface area contributed by atoms with Crippen molar-refractivity contribution in [3.8, 4) is 11.5 Å². The molecule has 0 aliphatic heterocycles. The van der Waals surface area contributed by atoms with E-state index in [0.717, 1.165) is 0 Å². The van der Waals surface area contributed by atoms with E-state index in [0.29, 0.717) is 22.2 Å². The largest absolute Gasteiger partial charge is 0.456 e. The van der Waals surface area contributed by atoms with Crippen LogP contribution in [0.15, 0.2) is 48.5 Å². The normalized spacial score (nSPS) is 10.0. The molecular weight excluding hydrogens is 292 g/mol. The van der Waals surface area contributed by atoms with Gasteiger partial charge in [-0.15, -0.1) is 0 Å². The first-order valence-corrected chi connectivity index (χ1v) is 6.75. The highest BCUT2D eigenvalue weighted by atomic mass is 35.5. The van der Waals surface area contributed by atoms with Crippen LogP contribution in [-0.2, 0) is 0 Å². The van der Waals surface area contributed by atoms with E-state index >= 15 is 0 Å². The van der Waals surface area contributed by atoms with Crippen molar-refractivity contribution in [2.75, 3.05) is 18.5 Å². The van der Waals surface area contributed by atoms with Gasteiger partial charge in [0.15, 0.2) is 0 Å². The molecule has 0 spiro atoms. The molecular formula is C15H15ClN2O3. The van der Waals surface area contributed by atoms with Gasteiger partial charge < -0.3 is 20.5 Å². The fourth-order valence-corrected chi connectivity index (χ4v) is 1.78.